The first-order chi connectivity index (χ1) is 11.6. The van der Waals surface area contributed by atoms with Crippen LogP contribution in [0.2, 0.25) is 10.0 Å². The fourth-order valence-electron chi connectivity index (χ4n) is 2.01. The number of halogens is 2. The molecule has 0 saturated carbocycles. The van der Waals surface area contributed by atoms with Crippen molar-refractivity contribution in [2.24, 2.45) is 0 Å². The Kier molecular flexibility index (Phi) is 4.69. The molecule has 24 heavy (non-hydrogen) atoms. The van der Waals surface area contributed by atoms with Gasteiger partial charge in [-0.15, -0.1) is 0 Å². The molecule has 0 radical (unpaired) electrons. The van der Waals surface area contributed by atoms with E-state index in [1.165, 1.54) is 7.11 Å². The Hall–Kier alpha value is -2.57. The average Bonchev–Trinajstić information content (AvgIpc) is 2.55. The molecule has 1 N–H and O–H groups in total. The maximum atomic E-state index is 12.0. The average molecular weight is 364 g/mol. The standard InChI is InChI=1S/C16H11Cl2N3O3/c1-23-15-14(21-16(22)24-10-5-3-2-4-6-10)19-12-8-9(17)7-11(18)13(12)20-15/h2-8H,1H3,(H,19,21,22). The number of amides is 1. The van der Waals surface area contributed by atoms with Crippen LogP contribution in [-0.2, 0) is 0 Å². The number of hydrogen-bond acceptors (Lipinski definition) is 5. The predicted molar refractivity (Wildman–Crippen MR) is 92.2 cm³/mol. The minimum Gasteiger partial charge on any atom is -0.478 e. The van der Waals surface area contributed by atoms with Crippen LogP contribution in [-0.4, -0.2) is 23.2 Å². The van der Waals surface area contributed by atoms with Gasteiger partial charge in [0.05, 0.1) is 17.6 Å². The minimum absolute atomic E-state index is 0.101. The number of fused-ring (bicyclic) bond motifs is 1. The molecule has 0 aliphatic carbocycles. The number of para-hydroxylation sites is 1. The Morgan fingerprint density at radius 3 is 2.58 bits per heavy atom. The normalized spacial score (nSPS) is 10.5. The van der Waals surface area contributed by atoms with Crippen molar-refractivity contribution in [2.45, 2.75) is 0 Å². The van der Waals surface area contributed by atoms with E-state index in [0.29, 0.717) is 26.8 Å². The van der Waals surface area contributed by atoms with Crippen LogP contribution in [0.1, 0.15) is 0 Å². The van der Waals surface area contributed by atoms with Crippen LogP contribution in [0.4, 0.5) is 10.6 Å². The van der Waals surface area contributed by atoms with Crippen molar-refractivity contribution >= 4 is 46.1 Å². The molecule has 0 spiro atoms. The van der Waals surface area contributed by atoms with Crippen LogP contribution >= 0.6 is 23.2 Å². The van der Waals surface area contributed by atoms with Gasteiger partial charge in [-0.2, -0.15) is 0 Å². The summed E-state index contributed by atoms with van der Waals surface area (Å²) in [5.74, 6) is 0.606. The molecule has 0 saturated heterocycles. The zero-order valence-corrected chi connectivity index (χ0v) is 13.9. The Morgan fingerprint density at radius 2 is 1.88 bits per heavy atom. The lowest BCUT2D eigenvalue weighted by molar-refractivity contribution is 0.215. The third-order valence-electron chi connectivity index (χ3n) is 3.02. The van der Waals surface area contributed by atoms with E-state index < -0.39 is 6.09 Å². The quantitative estimate of drug-likeness (QED) is 0.738. The van der Waals surface area contributed by atoms with Crippen LogP contribution in [0.15, 0.2) is 42.5 Å². The highest BCUT2D eigenvalue weighted by molar-refractivity contribution is 6.38. The van der Waals surface area contributed by atoms with Crippen molar-refractivity contribution in [3.63, 3.8) is 0 Å². The van der Waals surface area contributed by atoms with Gasteiger partial charge in [0.1, 0.15) is 11.3 Å². The van der Waals surface area contributed by atoms with Crippen molar-refractivity contribution < 1.29 is 14.3 Å². The van der Waals surface area contributed by atoms with Gasteiger partial charge < -0.3 is 9.47 Å². The molecule has 2 aromatic carbocycles. The second-order valence-electron chi connectivity index (χ2n) is 4.66. The van der Waals surface area contributed by atoms with E-state index in [4.69, 9.17) is 32.7 Å². The highest BCUT2D eigenvalue weighted by Crippen LogP contribution is 2.30. The van der Waals surface area contributed by atoms with Crippen LogP contribution in [0.25, 0.3) is 11.0 Å². The topological polar surface area (TPSA) is 73.3 Å². The lowest BCUT2D eigenvalue weighted by atomic mass is 10.3. The highest BCUT2D eigenvalue weighted by atomic mass is 35.5. The largest absolute Gasteiger partial charge is 0.478 e. The molecule has 1 amide bonds. The maximum absolute atomic E-state index is 12.0. The van der Waals surface area contributed by atoms with Crippen molar-refractivity contribution in [1.82, 2.24) is 9.97 Å². The lowest BCUT2D eigenvalue weighted by Gasteiger charge is -2.10. The predicted octanol–water partition coefficient (Wildman–Crippen LogP) is 4.56. The molecule has 1 aromatic heterocycles. The van der Waals surface area contributed by atoms with E-state index in [1.807, 2.05) is 6.07 Å². The number of aromatic nitrogens is 2. The molecule has 0 fully saturated rings. The summed E-state index contributed by atoms with van der Waals surface area (Å²) in [5, 5.41) is 3.24. The number of benzene rings is 2. The fourth-order valence-corrected chi connectivity index (χ4v) is 2.54. The molecular weight excluding hydrogens is 353 g/mol. The summed E-state index contributed by atoms with van der Waals surface area (Å²) in [6.45, 7) is 0. The number of carbonyl (C=O) groups excluding carboxylic acids is 1. The molecule has 8 heteroatoms. The molecule has 122 valence electrons. The van der Waals surface area contributed by atoms with Gasteiger partial charge in [0, 0.05) is 5.02 Å². The lowest BCUT2D eigenvalue weighted by Crippen LogP contribution is -2.18. The maximum Gasteiger partial charge on any atom is 0.418 e. The number of methoxy groups -OCH3 is 1. The number of ether oxygens (including phenoxy) is 2. The van der Waals surface area contributed by atoms with Crippen LogP contribution < -0.4 is 14.8 Å². The van der Waals surface area contributed by atoms with Crippen molar-refractivity contribution in [1.29, 1.82) is 0 Å². The van der Waals surface area contributed by atoms with Gasteiger partial charge in [-0.3, -0.25) is 5.32 Å². The number of carbonyl (C=O) groups is 1. The van der Waals surface area contributed by atoms with Gasteiger partial charge in [0.15, 0.2) is 5.82 Å². The first-order valence-electron chi connectivity index (χ1n) is 6.81. The van der Waals surface area contributed by atoms with Gasteiger partial charge in [-0.25, -0.2) is 14.8 Å². The first kappa shape index (κ1) is 16.3. The van der Waals surface area contributed by atoms with Gasteiger partial charge in [-0.1, -0.05) is 41.4 Å². The third-order valence-corrected chi connectivity index (χ3v) is 3.53. The number of rotatable bonds is 3. The Bertz CT molecular complexity index is 904. The number of nitrogens with zero attached hydrogens (tertiary/aromatic N) is 2. The van der Waals surface area contributed by atoms with Gasteiger partial charge in [0.25, 0.3) is 5.88 Å². The molecule has 0 bridgehead atoms. The smallest absolute Gasteiger partial charge is 0.418 e. The monoisotopic (exact) mass is 363 g/mol. The molecule has 6 nitrogen and oxygen atoms in total. The molecule has 3 rings (SSSR count). The molecule has 0 unspecified atom stereocenters. The van der Waals surface area contributed by atoms with Gasteiger partial charge in [0.2, 0.25) is 0 Å². The van der Waals surface area contributed by atoms with Crippen molar-refractivity contribution in [3.05, 3.63) is 52.5 Å². The second-order valence-corrected chi connectivity index (χ2v) is 5.51. The van der Waals surface area contributed by atoms with E-state index in [-0.39, 0.29) is 11.7 Å². The zero-order chi connectivity index (χ0) is 17.1. The summed E-state index contributed by atoms with van der Waals surface area (Å²) < 4.78 is 10.3. The van der Waals surface area contributed by atoms with E-state index in [0.717, 1.165) is 0 Å². The first-order valence-corrected chi connectivity index (χ1v) is 7.57. The Labute approximate surface area is 147 Å². The SMILES string of the molecule is COc1nc2c(Cl)cc(Cl)cc2nc1NC(=O)Oc1ccccc1. The van der Waals surface area contributed by atoms with Crippen LogP contribution in [0.3, 0.4) is 0 Å². The third kappa shape index (κ3) is 3.50. The molecule has 0 aliphatic rings. The zero-order valence-electron chi connectivity index (χ0n) is 12.4. The van der Waals surface area contributed by atoms with E-state index >= 15 is 0 Å². The van der Waals surface area contributed by atoms with Crippen molar-refractivity contribution in [3.8, 4) is 11.6 Å². The Balaban J connectivity index is 1.92. The van der Waals surface area contributed by atoms with Gasteiger partial charge in [-0.05, 0) is 24.3 Å². The fraction of sp³-hybridized carbons (Fsp3) is 0.0625. The molecule has 1 heterocycles. The molecule has 0 atom stereocenters. The van der Waals surface area contributed by atoms with Crippen molar-refractivity contribution in [2.75, 3.05) is 12.4 Å². The summed E-state index contributed by atoms with van der Waals surface area (Å²) in [6, 6.07) is 11.8. The Morgan fingerprint density at radius 1 is 1.12 bits per heavy atom. The molecular formula is C16H11Cl2N3O3. The summed E-state index contributed by atoms with van der Waals surface area (Å²) in [4.78, 5) is 20.5. The second kappa shape index (κ2) is 6.90. The van der Waals surface area contributed by atoms with E-state index in [2.05, 4.69) is 15.3 Å². The summed E-state index contributed by atoms with van der Waals surface area (Å²) in [7, 11) is 1.41. The van der Waals surface area contributed by atoms with Gasteiger partial charge >= 0.3 is 6.09 Å². The summed E-state index contributed by atoms with van der Waals surface area (Å²) in [6.07, 6.45) is -0.721. The van der Waals surface area contributed by atoms with Crippen LogP contribution in [0.5, 0.6) is 11.6 Å². The highest BCUT2D eigenvalue weighted by Gasteiger charge is 2.16. The number of anilines is 1. The summed E-state index contributed by atoms with van der Waals surface area (Å²) >= 11 is 12.1. The molecule has 3 aromatic rings. The van der Waals surface area contributed by atoms with E-state index in [1.54, 1.807) is 36.4 Å². The summed E-state index contributed by atoms with van der Waals surface area (Å²) in [5.41, 5.74) is 0.836. The number of hydrogen-bond donors (Lipinski definition) is 1. The number of nitrogens with one attached hydrogen (secondary N) is 1. The minimum atomic E-state index is -0.721. The molecule has 0 aliphatic heterocycles. The van der Waals surface area contributed by atoms with E-state index in [9.17, 15) is 4.79 Å². The van der Waals surface area contributed by atoms with Crippen LogP contribution in [0, 0.1) is 0 Å².